The lowest BCUT2D eigenvalue weighted by atomic mass is 9.92. The number of halogens is 2. The Bertz CT molecular complexity index is 363. The van der Waals surface area contributed by atoms with Gasteiger partial charge < -0.3 is 5.73 Å². The van der Waals surface area contributed by atoms with E-state index < -0.39 is 0 Å². The molecule has 84 valence electrons. The van der Waals surface area contributed by atoms with Gasteiger partial charge in [-0.15, -0.1) is 0 Å². The van der Waals surface area contributed by atoms with Crippen LogP contribution in [0.2, 0.25) is 0 Å². The zero-order chi connectivity index (χ0) is 11.6. The van der Waals surface area contributed by atoms with Crippen LogP contribution in [0.15, 0.2) is 10.5 Å². The Hall–Kier alpha value is -0.410. The minimum absolute atomic E-state index is 0.145. The molecule has 0 spiro atoms. The largest absolute Gasteiger partial charge is 0.330 e. The second-order valence-corrected chi connectivity index (χ2v) is 4.81. The predicted molar refractivity (Wildman–Crippen MR) is 65.7 cm³/mol. The fourth-order valence-electron chi connectivity index (χ4n) is 1.79. The van der Waals surface area contributed by atoms with Gasteiger partial charge in [-0.05, 0) is 65.4 Å². The van der Waals surface area contributed by atoms with Crippen molar-refractivity contribution in [3.8, 4) is 0 Å². The van der Waals surface area contributed by atoms with E-state index in [9.17, 15) is 4.39 Å². The molecular weight excluding hydrogens is 257 g/mol. The number of hydrogen-bond acceptors (Lipinski definition) is 1. The molecule has 0 bridgehead atoms. The Morgan fingerprint density at radius 2 is 2.07 bits per heavy atom. The van der Waals surface area contributed by atoms with Crippen LogP contribution < -0.4 is 5.73 Å². The van der Waals surface area contributed by atoms with Crippen LogP contribution in [0.1, 0.15) is 36.0 Å². The molecule has 0 aliphatic rings. The van der Waals surface area contributed by atoms with Crippen molar-refractivity contribution in [2.45, 2.75) is 33.1 Å². The first-order valence-corrected chi connectivity index (χ1v) is 5.93. The molecule has 0 saturated carbocycles. The molecule has 0 aliphatic heterocycles. The molecule has 1 atom stereocenters. The maximum atomic E-state index is 13.8. The van der Waals surface area contributed by atoms with Crippen LogP contribution in [0.25, 0.3) is 0 Å². The van der Waals surface area contributed by atoms with Gasteiger partial charge in [-0.2, -0.15) is 0 Å². The molecule has 0 amide bonds. The number of nitrogens with two attached hydrogens (primary N) is 1. The van der Waals surface area contributed by atoms with Crippen molar-refractivity contribution in [1.29, 1.82) is 0 Å². The van der Waals surface area contributed by atoms with Gasteiger partial charge >= 0.3 is 0 Å². The standard InChI is InChI=1S/C12H17BrFN/c1-7(4-5-15)10-6-8(2)11(13)12(14)9(10)3/h6-7H,4-5,15H2,1-3H3. The highest BCUT2D eigenvalue weighted by Gasteiger charge is 2.15. The quantitative estimate of drug-likeness (QED) is 0.894. The van der Waals surface area contributed by atoms with Crippen molar-refractivity contribution in [2.24, 2.45) is 5.73 Å². The first-order valence-electron chi connectivity index (χ1n) is 5.14. The Morgan fingerprint density at radius 1 is 1.47 bits per heavy atom. The van der Waals surface area contributed by atoms with E-state index >= 15 is 0 Å². The topological polar surface area (TPSA) is 26.0 Å². The highest BCUT2D eigenvalue weighted by atomic mass is 79.9. The molecule has 0 saturated heterocycles. The molecule has 0 radical (unpaired) electrons. The molecular formula is C12H17BrFN. The monoisotopic (exact) mass is 273 g/mol. The lowest BCUT2D eigenvalue weighted by molar-refractivity contribution is 0.597. The van der Waals surface area contributed by atoms with Gasteiger partial charge in [0.1, 0.15) is 5.82 Å². The van der Waals surface area contributed by atoms with E-state index in [2.05, 4.69) is 22.9 Å². The molecule has 0 fully saturated rings. The van der Waals surface area contributed by atoms with Crippen LogP contribution in [0.4, 0.5) is 4.39 Å². The lowest BCUT2D eigenvalue weighted by Crippen LogP contribution is -2.07. The number of rotatable bonds is 3. The molecule has 3 heteroatoms. The first kappa shape index (κ1) is 12.7. The highest BCUT2D eigenvalue weighted by Crippen LogP contribution is 2.31. The van der Waals surface area contributed by atoms with Crippen molar-refractivity contribution in [1.82, 2.24) is 0 Å². The molecule has 15 heavy (non-hydrogen) atoms. The van der Waals surface area contributed by atoms with Crippen molar-refractivity contribution in [3.63, 3.8) is 0 Å². The Balaban J connectivity index is 3.19. The smallest absolute Gasteiger partial charge is 0.140 e. The minimum atomic E-state index is -0.145. The van der Waals surface area contributed by atoms with Gasteiger partial charge in [0.05, 0.1) is 4.47 Å². The Kier molecular flexibility index (Phi) is 4.29. The van der Waals surface area contributed by atoms with Gasteiger partial charge in [-0.3, -0.25) is 0 Å². The zero-order valence-corrected chi connectivity index (χ0v) is 11.0. The Labute approximate surface area is 99.0 Å². The van der Waals surface area contributed by atoms with Gasteiger partial charge in [0, 0.05) is 0 Å². The minimum Gasteiger partial charge on any atom is -0.330 e. The van der Waals surface area contributed by atoms with Crippen LogP contribution in [-0.4, -0.2) is 6.54 Å². The van der Waals surface area contributed by atoms with Crippen LogP contribution in [-0.2, 0) is 0 Å². The van der Waals surface area contributed by atoms with Crippen LogP contribution in [0, 0.1) is 19.7 Å². The van der Waals surface area contributed by atoms with Crippen molar-refractivity contribution in [2.75, 3.05) is 6.54 Å². The highest BCUT2D eigenvalue weighted by molar-refractivity contribution is 9.10. The molecule has 1 unspecified atom stereocenters. The average molecular weight is 274 g/mol. The second kappa shape index (κ2) is 5.08. The molecule has 1 aromatic carbocycles. The second-order valence-electron chi connectivity index (χ2n) is 4.01. The molecule has 2 N–H and O–H groups in total. The van der Waals surface area contributed by atoms with E-state index in [4.69, 9.17) is 5.73 Å². The summed E-state index contributed by atoms with van der Waals surface area (Å²) in [5, 5.41) is 0. The third-order valence-corrected chi connectivity index (χ3v) is 3.78. The third-order valence-electron chi connectivity index (χ3n) is 2.80. The third kappa shape index (κ3) is 2.58. The number of hydrogen-bond donors (Lipinski definition) is 1. The van der Waals surface area contributed by atoms with E-state index in [0.717, 1.165) is 23.1 Å². The van der Waals surface area contributed by atoms with E-state index in [0.29, 0.717) is 16.9 Å². The summed E-state index contributed by atoms with van der Waals surface area (Å²) in [5.74, 6) is 0.171. The molecule has 1 nitrogen and oxygen atoms in total. The molecule has 1 rings (SSSR count). The molecule has 1 aromatic rings. The summed E-state index contributed by atoms with van der Waals surface area (Å²) < 4.78 is 14.3. The van der Waals surface area contributed by atoms with Gasteiger partial charge in [0.2, 0.25) is 0 Å². The van der Waals surface area contributed by atoms with Crippen molar-refractivity contribution in [3.05, 3.63) is 33.0 Å². The molecule has 0 heterocycles. The van der Waals surface area contributed by atoms with Crippen molar-refractivity contribution >= 4 is 15.9 Å². The fourth-order valence-corrected chi connectivity index (χ4v) is 2.20. The van der Waals surface area contributed by atoms with Gasteiger partial charge in [-0.1, -0.05) is 13.0 Å². The SMILES string of the molecule is Cc1cc(C(C)CCN)c(C)c(F)c1Br. The summed E-state index contributed by atoms with van der Waals surface area (Å²) >= 11 is 3.25. The predicted octanol–water partition coefficient (Wildman–Crippen LogP) is 3.66. The Morgan fingerprint density at radius 3 is 2.60 bits per heavy atom. The maximum Gasteiger partial charge on any atom is 0.140 e. The van der Waals surface area contributed by atoms with Gasteiger partial charge in [0.25, 0.3) is 0 Å². The molecule has 0 aliphatic carbocycles. The fraction of sp³-hybridized carbons (Fsp3) is 0.500. The van der Waals surface area contributed by atoms with Crippen molar-refractivity contribution < 1.29 is 4.39 Å². The zero-order valence-electron chi connectivity index (χ0n) is 9.40. The summed E-state index contributed by atoms with van der Waals surface area (Å²) in [4.78, 5) is 0. The number of benzene rings is 1. The maximum absolute atomic E-state index is 13.8. The summed E-state index contributed by atoms with van der Waals surface area (Å²) in [6.07, 6.45) is 0.890. The average Bonchev–Trinajstić information content (AvgIpc) is 2.20. The number of aryl methyl sites for hydroxylation is 1. The van der Waals surface area contributed by atoms with Gasteiger partial charge in [0.15, 0.2) is 0 Å². The summed E-state index contributed by atoms with van der Waals surface area (Å²) in [6.45, 7) is 6.45. The van der Waals surface area contributed by atoms with Gasteiger partial charge in [-0.25, -0.2) is 4.39 Å². The van der Waals surface area contributed by atoms with E-state index in [1.54, 1.807) is 0 Å². The van der Waals surface area contributed by atoms with Crippen LogP contribution in [0.5, 0.6) is 0 Å². The lowest BCUT2D eigenvalue weighted by Gasteiger charge is -2.16. The summed E-state index contributed by atoms with van der Waals surface area (Å²) in [6, 6.07) is 2.04. The van der Waals surface area contributed by atoms with Crippen LogP contribution in [0.3, 0.4) is 0 Å². The normalized spacial score (nSPS) is 12.9. The van der Waals surface area contributed by atoms with E-state index in [1.807, 2.05) is 19.9 Å². The first-order chi connectivity index (χ1) is 6.99. The van der Waals surface area contributed by atoms with E-state index in [1.165, 1.54) is 0 Å². The van der Waals surface area contributed by atoms with E-state index in [-0.39, 0.29) is 5.82 Å². The summed E-state index contributed by atoms with van der Waals surface area (Å²) in [5.41, 5.74) is 8.26. The van der Waals surface area contributed by atoms with Crippen LogP contribution >= 0.6 is 15.9 Å². The summed E-state index contributed by atoms with van der Waals surface area (Å²) in [7, 11) is 0. The molecule has 0 aromatic heterocycles.